The van der Waals surface area contributed by atoms with E-state index in [0.717, 1.165) is 0 Å². The van der Waals surface area contributed by atoms with Crippen molar-refractivity contribution >= 4 is 11.8 Å². The second-order valence-corrected chi connectivity index (χ2v) is 5.24. The summed E-state index contributed by atoms with van der Waals surface area (Å²) in [4.78, 5) is 30.8. The van der Waals surface area contributed by atoms with Crippen molar-refractivity contribution in [2.45, 2.75) is 18.6 Å². The maximum Gasteiger partial charge on any atom is 0.422 e. The monoisotopic (exact) mass is 331 g/mol. The molecule has 9 heteroatoms. The molecule has 1 fully saturated rings. The minimum atomic E-state index is -4.53. The van der Waals surface area contributed by atoms with Gasteiger partial charge in [0.15, 0.2) is 6.61 Å². The van der Waals surface area contributed by atoms with E-state index < -0.39 is 30.6 Å². The lowest BCUT2D eigenvalue weighted by molar-refractivity contribution is -0.154. The van der Waals surface area contributed by atoms with E-state index in [-0.39, 0.29) is 11.5 Å². The third kappa shape index (κ3) is 3.91. The van der Waals surface area contributed by atoms with Crippen molar-refractivity contribution in [3.63, 3.8) is 0 Å². The molecular weight excluding hydrogens is 315 g/mol. The maximum atomic E-state index is 12.5. The summed E-state index contributed by atoms with van der Waals surface area (Å²) < 4.78 is 41.4. The van der Waals surface area contributed by atoms with Crippen molar-refractivity contribution in [2.75, 3.05) is 27.2 Å². The second kappa shape index (κ2) is 6.43. The average molecular weight is 331 g/mol. The van der Waals surface area contributed by atoms with Crippen LogP contribution in [0.3, 0.4) is 0 Å². The van der Waals surface area contributed by atoms with Crippen molar-refractivity contribution < 1.29 is 27.5 Å². The molecule has 0 spiro atoms. The van der Waals surface area contributed by atoms with Gasteiger partial charge in [-0.05, 0) is 18.6 Å². The minimum Gasteiger partial charge on any atom is -0.467 e. The summed E-state index contributed by atoms with van der Waals surface area (Å²) >= 11 is 0. The van der Waals surface area contributed by atoms with Crippen molar-refractivity contribution in [1.82, 2.24) is 14.8 Å². The molecule has 1 atom stereocenters. The highest BCUT2D eigenvalue weighted by Crippen LogP contribution is 2.23. The molecule has 0 bridgehead atoms. The van der Waals surface area contributed by atoms with Crippen LogP contribution < -0.4 is 4.74 Å². The number of hydrogen-bond acceptors (Lipinski definition) is 4. The number of likely N-dealkylation sites (N-methyl/N-ethyl adjacent to an activating group) is 2. The molecular formula is C14H16F3N3O3. The third-order valence-corrected chi connectivity index (χ3v) is 3.56. The fourth-order valence-electron chi connectivity index (χ4n) is 2.31. The molecule has 0 N–H and O–H groups in total. The van der Waals surface area contributed by atoms with E-state index >= 15 is 0 Å². The van der Waals surface area contributed by atoms with Gasteiger partial charge in [-0.25, -0.2) is 4.98 Å². The predicted molar refractivity (Wildman–Crippen MR) is 73.9 cm³/mol. The first-order valence-corrected chi connectivity index (χ1v) is 6.87. The van der Waals surface area contributed by atoms with E-state index in [4.69, 9.17) is 0 Å². The van der Waals surface area contributed by atoms with Gasteiger partial charge in [-0.1, -0.05) is 0 Å². The first kappa shape index (κ1) is 17.0. The zero-order valence-corrected chi connectivity index (χ0v) is 12.6. The van der Waals surface area contributed by atoms with E-state index in [1.54, 1.807) is 7.05 Å². The van der Waals surface area contributed by atoms with Gasteiger partial charge in [0.1, 0.15) is 11.6 Å². The number of ether oxygens (including phenoxy) is 1. The van der Waals surface area contributed by atoms with Crippen LogP contribution >= 0.6 is 0 Å². The van der Waals surface area contributed by atoms with E-state index in [1.807, 2.05) is 0 Å². The Bertz CT molecular complexity index is 606. The average Bonchev–Trinajstić information content (AvgIpc) is 2.83. The highest BCUT2D eigenvalue weighted by molar-refractivity contribution is 5.99. The van der Waals surface area contributed by atoms with Crippen LogP contribution in [0.4, 0.5) is 13.2 Å². The van der Waals surface area contributed by atoms with E-state index in [2.05, 4.69) is 9.72 Å². The van der Waals surface area contributed by atoms with Crippen molar-refractivity contribution in [2.24, 2.45) is 0 Å². The number of nitrogens with zero attached hydrogens (tertiary/aromatic N) is 3. The molecule has 1 aromatic heterocycles. The topological polar surface area (TPSA) is 62.7 Å². The summed E-state index contributed by atoms with van der Waals surface area (Å²) in [5.41, 5.74) is -0.110. The number of rotatable bonds is 4. The van der Waals surface area contributed by atoms with Crippen LogP contribution in [0.15, 0.2) is 18.3 Å². The lowest BCUT2D eigenvalue weighted by atomic mass is 10.1. The molecule has 2 heterocycles. The van der Waals surface area contributed by atoms with E-state index in [9.17, 15) is 22.8 Å². The molecule has 0 radical (unpaired) electrons. The van der Waals surface area contributed by atoms with Crippen LogP contribution in [-0.2, 0) is 4.79 Å². The first-order valence-electron chi connectivity index (χ1n) is 6.87. The van der Waals surface area contributed by atoms with Gasteiger partial charge >= 0.3 is 6.18 Å². The number of pyridine rings is 1. The standard InChI is InChI=1S/C14H16F3N3O3/c1-19-7-5-10(13(19)22)20(2)12(21)9-4-3-6-18-11(9)23-8-14(15,16)17/h3-4,6,10H,5,7-8H2,1-2H3. The Labute approximate surface area is 130 Å². The molecule has 2 amide bonds. The summed E-state index contributed by atoms with van der Waals surface area (Å²) in [5.74, 6) is -1.22. The molecule has 1 unspecified atom stereocenters. The minimum absolute atomic E-state index is 0.110. The summed E-state index contributed by atoms with van der Waals surface area (Å²) in [6.07, 6.45) is -2.83. The SMILES string of the molecule is CN1CCC(N(C)C(=O)c2cccnc2OCC(F)(F)F)C1=O. The van der Waals surface area contributed by atoms with Crippen LogP contribution in [0.1, 0.15) is 16.8 Å². The normalized spacial score (nSPS) is 18.2. The van der Waals surface area contributed by atoms with Gasteiger partial charge in [-0.2, -0.15) is 13.2 Å². The quantitative estimate of drug-likeness (QED) is 0.835. The highest BCUT2D eigenvalue weighted by Gasteiger charge is 2.36. The number of carbonyl (C=O) groups is 2. The maximum absolute atomic E-state index is 12.5. The van der Waals surface area contributed by atoms with Gasteiger partial charge < -0.3 is 14.5 Å². The van der Waals surface area contributed by atoms with Gasteiger partial charge in [-0.15, -0.1) is 0 Å². The summed E-state index contributed by atoms with van der Waals surface area (Å²) in [7, 11) is 3.06. The Kier molecular flexibility index (Phi) is 4.76. The fraction of sp³-hybridized carbons (Fsp3) is 0.500. The summed E-state index contributed by atoms with van der Waals surface area (Å²) in [6, 6.07) is 2.10. The Morgan fingerprint density at radius 2 is 2.22 bits per heavy atom. The van der Waals surface area contributed by atoms with Crippen LogP contribution in [0.2, 0.25) is 0 Å². The Balaban J connectivity index is 2.17. The Morgan fingerprint density at radius 1 is 1.52 bits per heavy atom. The zero-order valence-electron chi connectivity index (χ0n) is 12.6. The molecule has 23 heavy (non-hydrogen) atoms. The second-order valence-electron chi connectivity index (χ2n) is 5.24. The lowest BCUT2D eigenvalue weighted by Gasteiger charge is -2.23. The van der Waals surface area contributed by atoms with Gasteiger partial charge in [0, 0.05) is 26.8 Å². The van der Waals surface area contributed by atoms with Crippen LogP contribution in [-0.4, -0.2) is 66.1 Å². The highest BCUT2D eigenvalue weighted by atomic mass is 19.4. The molecule has 1 aliphatic heterocycles. The van der Waals surface area contributed by atoms with Crippen LogP contribution in [0.5, 0.6) is 5.88 Å². The molecule has 2 rings (SSSR count). The Hall–Kier alpha value is -2.32. The fourth-order valence-corrected chi connectivity index (χ4v) is 2.31. The molecule has 0 aromatic carbocycles. The van der Waals surface area contributed by atoms with Gasteiger partial charge in [-0.3, -0.25) is 9.59 Å². The molecule has 1 aliphatic rings. The number of alkyl halides is 3. The Morgan fingerprint density at radius 3 is 2.78 bits per heavy atom. The molecule has 6 nitrogen and oxygen atoms in total. The third-order valence-electron chi connectivity index (χ3n) is 3.56. The van der Waals surface area contributed by atoms with E-state index in [0.29, 0.717) is 13.0 Å². The van der Waals surface area contributed by atoms with Gasteiger partial charge in [0.25, 0.3) is 5.91 Å². The zero-order chi connectivity index (χ0) is 17.2. The number of likely N-dealkylation sites (tertiary alicyclic amines) is 1. The number of carbonyl (C=O) groups excluding carboxylic acids is 2. The molecule has 1 aromatic rings. The van der Waals surface area contributed by atoms with Crippen LogP contribution in [0, 0.1) is 0 Å². The largest absolute Gasteiger partial charge is 0.467 e. The van der Waals surface area contributed by atoms with Crippen molar-refractivity contribution in [1.29, 1.82) is 0 Å². The predicted octanol–water partition coefficient (Wildman–Crippen LogP) is 1.33. The van der Waals surface area contributed by atoms with Gasteiger partial charge in [0.2, 0.25) is 11.8 Å². The number of halogens is 3. The van der Waals surface area contributed by atoms with Crippen molar-refractivity contribution in [3.8, 4) is 5.88 Å². The molecule has 1 saturated heterocycles. The van der Waals surface area contributed by atoms with Crippen molar-refractivity contribution in [3.05, 3.63) is 23.9 Å². The number of aromatic nitrogens is 1. The molecule has 0 saturated carbocycles. The number of amides is 2. The van der Waals surface area contributed by atoms with E-state index in [1.165, 1.54) is 35.2 Å². The van der Waals surface area contributed by atoms with Gasteiger partial charge in [0.05, 0.1) is 0 Å². The summed E-state index contributed by atoms with van der Waals surface area (Å²) in [6.45, 7) is -1.02. The summed E-state index contributed by atoms with van der Waals surface area (Å²) in [5, 5.41) is 0. The molecule has 126 valence electrons. The molecule has 0 aliphatic carbocycles. The number of hydrogen-bond donors (Lipinski definition) is 0. The van der Waals surface area contributed by atoms with Crippen LogP contribution in [0.25, 0.3) is 0 Å². The first-order chi connectivity index (χ1) is 10.7. The smallest absolute Gasteiger partial charge is 0.422 e. The lowest BCUT2D eigenvalue weighted by Crippen LogP contribution is -2.42.